The second-order valence-corrected chi connectivity index (χ2v) is 4.46. The smallest absolute Gasteiger partial charge is 0.335 e. The van der Waals surface area contributed by atoms with E-state index in [-0.39, 0.29) is 36.2 Å². The van der Waals surface area contributed by atoms with E-state index in [2.05, 4.69) is 15.6 Å². The standard InChI is InChI=1S/C13H17N3O4/c1-8(2)16-11(17)4-6-15-12(18)10-7-9(13(19)20)3-5-14-10/h3,5,7-8H,4,6H2,1-2H3,(H,15,18)(H,16,17)(H,19,20). The van der Waals surface area contributed by atoms with Gasteiger partial charge in [0.05, 0.1) is 5.56 Å². The number of carbonyl (C=O) groups is 3. The van der Waals surface area contributed by atoms with Crippen LogP contribution in [-0.2, 0) is 4.79 Å². The van der Waals surface area contributed by atoms with E-state index in [4.69, 9.17) is 5.11 Å². The highest BCUT2D eigenvalue weighted by atomic mass is 16.4. The van der Waals surface area contributed by atoms with Crippen molar-refractivity contribution in [1.82, 2.24) is 15.6 Å². The highest BCUT2D eigenvalue weighted by molar-refractivity contribution is 5.95. The van der Waals surface area contributed by atoms with Gasteiger partial charge in [-0.2, -0.15) is 0 Å². The summed E-state index contributed by atoms with van der Waals surface area (Å²) < 4.78 is 0. The molecule has 1 aromatic heterocycles. The first-order valence-corrected chi connectivity index (χ1v) is 6.17. The topological polar surface area (TPSA) is 108 Å². The van der Waals surface area contributed by atoms with Crippen molar-refractivity contribution in [2.45, 2.75) is 26.3 Å². The lowest BCUT2D eigenvalue weighted by Gasteiger charge is -2.08. The molecule has 0 spiro atoms. The number of amides is 2. The highest BCUT2D eigenvalue weighted by Crippen LogP contribution is 2.01. The molecule has 0 aromatic carbocycles. The number of carboxylic acid groups (broad SMARTS) is 1. The van der Waals surface area contributed by atoms with Gasteiger partial charge in [-0.1, -0.05) is 0 Å². The molecular formula is C13H17N3O4. The van der Waals surface area contributed by atoms with Crippen molar-refractivity contribution in [2.75, 3.05) is 6.54 Å². The van der Waals surface area contributed by atoms with E-state index in [1.807, 2.05) is 13.8 Å². The monoisotopic (exact) mass is 279 g/mol. The lowest BCUT2D eigenvalue weighted by atomic mass is 10.2. The molecule has 1 aromatic rings. The fraction of sp³-hybridized carbons (Fsp3) is 0.385. The van der Waals surface area contributed by atoms with Crippen LogP contribution < -0.4 is 10.6 Å². The predicted octanol–water partition coefficient (Wildman–Crippen LogP) is 0.424. The molecule has 0 bridgehead atoms. The fourth-order valence-electron chi connectivity index (χ4n) is 1.46. The first-order chi connectivity index (χ1) is 9.40. The Hall–Kier alpha value is -2.44. The van der Waals surface area contributed by atoms with Gasteiger partial charge in [0.1, 0.15) is 5.69 Å². The Labute approximate surface area is 116 Å². The molecule has 0 atom stereocenters. The molecule has 0 aliphatic heterocycles. The van der Waals surface area contributed by atoms with Crippen LogP contribution in [0, 0.1) is 0 Å². The molecule has 20 heavy (non-hydrogen) atoms. The van der Waals surface area contributed by atoms with Crippen molar-refractivity contribution in [1.29, 1.82) is 0 Å². The first kappa shape index (κ1) is 15.6. The molecule has 0 unspecified atom stereocenters. The summed E-state index contributed by atoms with van der Waals surface area (Å²) in [5.74, 6) is -1.80. The van der Waals surface area contributed by atoms with Crippen molar-refractivity contribution in [3.8, 4) is 0 Å². The van der Waals surface area contributed by atoms with Crippen molar-refractivity contribution in [3.63, 3.8) is 0 Å². The van der Waals surface area contributed by atoms with Gasteiger partial charge in [0.15, 0.2) is 0 Å². The van der Waals surface area contributed by atoms with Gasteiger partial charge in [0.25, 0.3) is 5.91 Å². The average Bonchev–Trinajstić information content (AvgIpc) is 2.37. The Morgan fingerprint density at radius 2 is 2.05 bits per heavy atom. The number of nitrogens with zero attached hydrogens (tertiary/aromatic N) is 1. The van der Waals surface area contributed by atoms with Crippen molar-refractivity contribution in [2.24, 2.45) is 0 Å². The Kier molecular flexibility index (Phi) is 5.64. The molecule has 7 heteroatoms. The summed E-state index contributed by atoms with van der Waals surface area (Å²) >= 11 is 0. The molecule has 0 aliphatic rings. The Balaban J connectivity index is 2.49. The van der Waals surface area contributed by atoms with Crippen LogP contribution in [0.4, 0.5) is 0 Å². The summed E-state index contributed by atoms with van der Waals surface area (Å²) in [6, 6.07) is 2.54. The van der Waals surface area contributed by atoms with Crippen LogP contribution in [-0.4, -0.2) is 40.5 Å². The van der Waals surface area contributed by atoms with Gasteiger partial charge in [0.2, 0.25) is 5.91 Å². The largest absolute Gasteiger partial charge is 0.478 e. The van der Waals surface area contributed by atoms with Crippen LogP contribution in [0.2, 0.25) is 0 Å². The maximum Gasteiger partial charge on any atom is 0.335 e. The van der Waals surface area contributed by atoms with Crippen LogP contribution >= 0.6 is 0 Å². The van der Waals surface area contributed by atoms with Gasteiger partial charge >= 0.3 is 5.97 Å². The van der Waals surface area contributed by atoms with Gasteiger partial charge in [-0.15, -0.1) is 0 Å². The molecule has 108 valence electrons. The quantitative estimate of drug-likeness (QED) is 0.699. The highest BCUT2D eigenvalue weighted by Gasteiger charge is 2.11. The van der Waals surface area contributed by atoms with Crippen molar-refractivity contribution < 1.29 is 19.5 Å². The van der Waals surface area contributed by atoms with E-state index < -0.39 is 11.9 Å². The molecule has 0 radical (unpaired) electrons. The Bertz CT molecular complexity index is 514. The number of aromatic nitrogens is 1. The Morgan fingerprint density at radius 1 is 1.35 bits per heavy atom. The molecule has 0 aliphatic carbocycles. The van der Waals surface area contributed by atoms with Crippen LogP contribution in [0.1, 0.15) is 41.1 Å². The number of rotatable bonds is 6. The summed E-state index contributed by atoms with van der Waals surface area (Å²) in [6.07, 6.45) is 1.41. The molecule has 1 rings (SSSR count). The number of hydrogen-bond donors (Lipinski definition) is 3. The van der Waals surface area contributed by atoms with Crippen LogP contribution in [0.3, 0.4) is 0 Å². The zero-order valence-electron chi connectivity index (χ0n) is 11.3. The van der Waals surface area contributed by atoms with E-state index in [1.165, 1.54) is 18.3 Å². The third kappa shape index (κ3) is 5.05. The maximum atomic E-state index is 11.7. The fourth-order valence-corrected chi connectivity index (χ4v) is 1.46. The van der Waals surface area contributed by atoms with Gasteiger partial charge in [-0.05, 0) is 26.0 Å². The molecule has 1 heterocycles. The molecule has 7 nitrogen and oxygen atoms in total. The molecular weight excluding hydrogens is 262 g/mol. The number of pyridine rings is 1. The molecule has 0 saturated carbocycles. The molecule has 3 N–H and O–H groups in total. The SMILES string of the molecule is CC(C)NC(=O)CCNC(=O)c1cc(C(=O)O)ccn1. The van der Waals surface area contributed by atoms with Gasteiger partial charge < -0.3 is 15.7 Å². The summed E-state index contributed by atoms with van der Waals surface area (Å²) in [5.41, 5.74) is -0.00290. The lowest BCUT2D eigenvalue weighted by Crippen LogP contribution is -2.34. The third-order valence-corrected chi connectivity index (χ3v) is 2.33. The summed E-state index contributed by atoms with van der Waals surface area (Å²) in [6.45, 7) is 3.85. The normalized spacial score (nSPS) is 10.2. The third-order valence-electron chi connectivity index (χ3n) is 2.33. The Morgan fingerprint density at radius 3 is 2.65 bits per heavy atom. The number of hydrogen-bond acceptors (Lipinski definition) is 4. The number of carboxylic acids is 1. The zero-order chi connectivity index (χ0) is 15.1. The van der Waals surface area contributed by atoms with E-state index in [1.54, 1.807) is 0 Å². The number of carbonyl (C=O) groups excluding carboxylic acids is 2. The minimum absolute atomic E-state index is 0.00849. The van der Waals surface area contributed by atoms with Gasteiger partial charge in [-0.3, -0.25) is 14.6 Å². The second kappa shape index (κ2) is 7.22. The number of aromatic carboxylic acids is 1. The van der Waals surface area contributed by atoms with E-state index in [0.29, 0.717) is 0 Å². The van der Waals surface area contributed by atoms with Crippen molar-refractivity contribution >= 4 is 17.8 Å². The minimum Gasteiger partial charge on any atom is -0.478 e. The summed E-state index contributed by atoms with van der Waals surface area (Å²) in [7, 11) is 0. The van der Waals surface area contributed by atoms with Gasteiger partial charge in [-0.25, -0.2) is 4.79 Å². The maximum absolute atomic E-state index is 11.7. The summed E-state index contributed by atoms with van der Waals surface area (Å²) in [4.78, 5) is 37.6. The summed E-state index contributed by atoms with van der Waals surface area (Å²) in [5, 5.41) is 14.0. The average molecular weight is 279 g/mol. The molecule has 0 saturated heterocycles. The lowest BCUT2D eigenvalue weighted by molar-refractivity contribution is -0.121. The van der Waals surface area contributed by atoms with Crippen LogP contribution in [0.25, 0.3) is 0 Å². The van der Waals surface area contributed by atoms with Crippen LogP contribution in [0.5, 0.6) is 0 Å². The second-order valence-electron chi connectivity index (χ2n) is 4.46. The van der Waals surface area contributed by atoms with E-state index in [9.17, 15) is 14.4 Å². The number of nitrogens with one attached hydrogen (secondary N) is 2. The zero-order valence-corrected chi connectivity index (χ0v) is 11.3. The molecule has 2 amide bonds. The van der Waals surface area contributed by atoms with Gasteiger partial charge in [0, 0.05) is 25.2 Å². The van der Waals surface area contributed by atoms with Crippen molar-refractivity contribution in [3.05, 3.63) is 29.6 Å². The molecule has 0 fully saturated rings. The van der Waals surface area contributed by atoms with E-state index >= 15 is 0 Å². The van der Waals surface area contributed by atoms with Crippen LogP contribution in [0.15, 0.2) is 18.3 Å². The predicted molar refractivity (Wildman–Crippen MR) is 71.4 cm³/mol. The van der Waals surface area contributed by atoms with E-state index in [0.717, 1.165) is 0 Å². The first-order valence-electron chi connectivity index (χ1n) is 6.17. The minimum atomic E-state index is -1.13.